The van der Waals surface area contributed by atoms with Crippen LogP contribution in [-0.2, 0) is 6.42 Å². The molecule has 0 atom stereocenters. The average molecular weight is 550 g/mol. The van der Waals surface area contributed by atoms with Crippen molar-refractivity contribution in [1.82, 2.24) is 29.5 Å². The highest BCUT2D eigenvalue weighted by Gasteiger charge is 2.26. The lowest BCUT2D eigenvalue weighted by Crippen LogP contribution is -2.38. The molecule has 1 fully saturated rings. The van der Waals surface area contributed by atoms with Crippen LogP contribution in [0.5, 0.6) is 0 Å². The summed E-state index contributed by atoms with van der Waals surface area (Å²) in [5.74, 6) is 1.80. The van der Waals surface area contributed by atoms with Crippen LogP contribution in [0.15, 0.2) is 42.6 Å². The van der Waals surface area contributed by atoms with Gasteiger partial charge in [0.05, 0.1) is 16.3 Å². The predicted molar refractivity (Wildman–Crippen MR) is 151 cm³/mol. The second kappa shape index (κ2) is 11.6. The molecule has 10 heteroatoms. The standard InChI is InChI=1S/C28H30Cl2N8/c1-18(2)37-12-9-20(10-13-37)27-35-26-15-25(23-8-6-21(29)14-24(23)30)34-28(38(26)36-27)32-11-3-4-22-7-5-19(16-31)17-33-22/h5-8,14-15,17-18,20H,3-4,9-13H2,1-2H3,(H,32,34). The van der Waals surface area contributed by atoms with E-state index in [0.717, 1.165) is 61.5 Å². The van der Waals surface area contributed by atoms with Crippen molar-refractivity contribution in [2.75, 3.05) is 25.0 Å². The Morgan fingerprint density at radius 1 is 1.11 bits per heavy atom. The lowest BCUT2D eigenvalue weighted by molar-refractivity contribution is 0.169. The lowest BCUT2D eigenvalue weighted by atomic mass is 9.95. The van der Waals surface area contributed by atoms with Crippen LogP contribution in [0.25, 0.3) is 16.9 Å². The molecule has 38 heavy (non-hydrogen) atoms. The average Bonchev–Trinajstić information content (AvgIpc) is 3.36. The number of hydrogen-bond donors (Lipinski definition) is 1. The van der Waals surface area contributed by atoms with Gasteiger partial charge >= 0.3 is 0 Å². The molecule has 0 radical (unpaired) electrons. The number of nitriles is 1. The van der Waals surface area contributed by atoms with Crippen molar-refractivity contribution in [3.63, 3.8) is 0 Å². The van der Waals surface area contributed by atoms with Crippen molar-refractivity contribution in [3.8, 4) is 17.3 Å². The van der Waals surface area contributed by atoms with E-state index >= 15 is 0 Å². The zero-order chi connectivity index (χ0) is 26.6. The SMILES string of the molecule is CC(C)N1CCC(c2nc3cc(-c4ccc(Cl)cc4Cl)nc(NCCCc4ccc(C#N)cn4)n3n2)CC1. The molecule has 0 bridgehead atoms. The molecule has 1 saturated heterocycles. The monoisotopic (exact) mass is 548 g/mol. The number of benzene rings is 1. The molecule has 5 rings (SSSR count). The quantitative estimate of drug-likeness (QED) is 0.270. The fourth-order valence-corrected chi connectivity index (χ4v) is 5.32. The molecule has 0 amide bonds. The zero-order valence-electron chi connectivity index (χ0n) is 21.5. The van der Waals surface area contributed by atoms with Crippen LogP contribution < -0.4 is 5.32 Å². The van der Waals surface area contributed by atoms with Gasteiger partial charge in [-0.2, -0.15) is 9.78 Å². The Bertz CT molecular complexity index is 1450. The molecule has 0 aliphatic carbocycles. The van der Waals surface area contributed by atoms with E-state index in [4.69, 9.17) is 43.5 Å². The summed E-state index contributed by atoms with van der Waals surface area (Å²) in [6.07, 6.45) is 5.30. The van der Waals surface area contributed by atoms with Gasteiger partial charge in [0, 0.05) is 47.0 Å². The Labute approximate surface area is 232 Å². The number of nitrogens with one attached hydrogen (secondary N) is 1. The maximum atomic E-state index is 8.97. The van der Waals surface area contributed by atoms with Crippen LogP contribution in [0.1, 0.15) is 56.1 Å². The molecule has 0 saturated carbocycles. The third-order valence-electron chi connectivity index (χ3n) is 7.02. The molecule has 8 nitrogen and oxygen atoms in total. The molecular weight excluding hydrogens is 519 g/mol. The summed E-state index contributed by atoms with van der Waals surface area (Å²) in [6, 6.07) is 13.7. The van der Waals surface area contributed by atoms with Gasteiger partial charge in [-0.3, -0.25) is 4.98 Å². The van der Waals surface area contributed by atoms with E-state index in [0.29, 0.717) is 45.8 Å². The number of halogens is 2. The third-order valence-corrected chi connectivity index (χ3v) is 7.57. The fraction of sp³-hybridized carbons (Fsp3) is 0.393. The maximum Gasteiger partial charge on any atom is 0.226 e. The van der Waals surface area contributed by atoms with E-state index in [1.165, 1.54) is 0 Å². The fourth-order valence-electron chi connectivity index (χ4n) is 4.81. The summed E-state index contributed by atoms with van der Waals surface area (Å²) in [5, 5.41) is 18.4. The van der Waals surface area contributed by atoms with E-state index < -0.39 is 0 Å². The maximum absolute atomic E-state index is 8.97. The Kier molecular flexibility index (Phi) is 8.08. The summed E-state index contributed by atoms with van der Waals surface area (Å²) in [6.45, 7) is 7.26. The van der Waals surface area contributed by atoms with Gasteiger partial charge in [-0.1, -0.05) is 23.2 Å². The van der Waals surface area contributed by atoms with Gasteiger partial charge in [0.2, 0.25) is 5.95 Å². The van der Waals surface area contributed by atoms with Crippen LogP contribution in [0.2, 0.25) is 10.0 Å². The number of likely N-dealkylation sites (tertiary alicyclic amines) is 1. The van der Waals surface area contributed by atoms with E-state index in [1.807, 2.05) is 24.3 Å². The van der Waals surface area contributed by atoms with E-state index in [2.05, 4.69) is 35.1 Å². The zero-order valence-corrected chi connectivity index (χ0v) is 23.0. The number of aryl methyl sites for hydroxylation is 1. The van der Waals surface area contributed by atoms with Gasteiger partial charge in [0.15, 0.2) is 11.5 Å². The molecule has 4 heterocycles. The first-order valence-corrected chi connectivity index (χ1v) is 13.7. The van der Waals surface area contributed by atoms with Crippen molar-refractivity contribution < 1.29 is 0 Å². The molecule has 4 aromatic rings. The molecule has 3 aromatic heterocycles. The number of nitrogens with zero attached hydrogens (tertiary/aromatic N) is 7. The van der Waals surface area contributed by atoms with Crippen molar-refractivity contribution in [2.24, 2.45) is 0 Å². The molecule has 196 valence electrons. The van der Waals surface area contributed by atoms with Crippen molar-refractivity contribution >= 4 is 34.8 Å². The topological polar surface area (TPSA) is 95.0 Å². The molecule has 0 spiro atoms. The van der Waals surface area contributed by atoms with Crippen molar-refractivity contribution in [1.29, 1.82) is 5.26 Å². The molecular formula is C28H30Cl2N8. The first kappa shape index (κ1) is 26.4. The minimum atomic E-state index is 0.322. The Hall–Kier alpha value is -3.25. The van der Waals surface area contributed by atoms with Crippen LogP contribution in [0.3, 0.4) is 0 Å². The smallest absolute Gasteiger partial charge is 0.226 e. The first-order chi connectivity index (χ1) is 18.4. The first-order valence-electron chi connectivity index (χ1n) is 13.0. The van der Waals surface area contributed by atoms with Crippen LogP contribution >= 0.6 is 23.2 Å². The molecule has 1 N–H and O–H groups in total. The number of fused-ring (bicyclic) bond motifs is 1. The van der Waals surface area contributed by atoms with Crippen LogP contribution in [-0.4, -0.2) is 55.1 Å². The van der Waals surface area contributed by atoms with E-state index in [1.54, 1.807) is 22.8 Å². The molecule has 1 aliphatic rings. The molecule has 1 aromatic carbocycles. The van der Waals surface area contributed by atoms with Crippen LogP contribution in [0, 0.1) is 11.3 Å². The Morgan fingerprint density at radius 2 is 1.92 bits per heavy atom. The van der Waals surface area contributed by atoms with Gasteiger partial charge in [0.1, 0.15) is 6.07 Å². The summed E-state index contributed by atoms with van der Waals surface area (Å²) in [7, 11) is 0. The highest BCUT2D eigenvalue weighted by Crippen LogP contribution is 2.32. The lowest BCUT2D eigenvalue weighted by Gasteiger charge is -2.33. The minimum Gasteiger partial charge on any atom is -0.354 e. The summed E-state index contributed by atoms with van der Waals surface area (Å²) >= 11 is 12.7. The van der Waals surface area contributed by atoms with Gasteiger partial charge in [0.25, 0.3) is 0 Å². The van der Waals surface area contributed by atoms with Gasteiger partial charge in [-0.15, -0.1) is 5.10 Å². The van der Waals surface area contributed by atoms with Gasteiger partial charge < -0.3 is 10.2 Å². The second-order valence-electron chi connectivity index (χ2n) is 9.91. The normalized spacial score (nSPS) is 14.7. The highest BCUT2D eigenvalue weighted by atomic mass is 35.5. The van der Waals surface area contributed by atoms with E-state index in [9.17, 15) is 0 Å². The van der Waals surface area contributed by atoms with Gasteiger partial charge in [-0.05, 0) is 83.0 Å². The number of anilines is 1. The highest BCUT2D eigenvalue weighted by molar-refractivity contribution is 6.36. The number of piperidine rings is 1. The minimum absolute atomic E-state index is 0.322. The Balaban J connectivity index is 1.39. The van der Waals surface area contributed by atoms with Crippen molar-refractivity contribution in [2.45, 2.75) is 51.5 Å². The number of hydrogen-bond acceptors (Lipinski definition) is 7. The number of rotatable bonds is 8. The van der Waals surface area contributed by atoms with Crippen molar-refractivity contribution in [3.05, 3.63) is 69.7 Å². The summed E-state index contributed by atoms with van der Waals surface area (Å²) < 4.78 is 1.80. The number of aromatic nitrogens is 5. The Morgan fingerprint density at radius 3 is 2.61 bits per heavy atom. The summed E-state index contributed by atoms with van der Waals surface area (Å²) in [4.78, 5) is 16.7. The predicted octanol–water partition coefficient (Wildman–Crippen LogP) is 6.00. The van der Waals surface area contributed by atoms with E-state index in [-0.39, 0.29) is 0 Å². The largest absolute Gasteiger partial charge is 0.354 e. The van der Waals surface area contributed by atoms with Crippen LogP contribution in [0.4, 0.5) is 5.95 Å². The summed E-state index contributed by atoms with van der Waals surface area (Å²) in [5.41, 5.74) is 3.75. The second-order valence-corrected chi connectivity index (χ2v) is 10.8. The van der Waals surface area contributed by atoms with Gasteiger partial charge in [-0.25, -0.2) is 9.97 Å². The molecule has 0 unspecified atom stereocenters. The molecule has 1 aliphatic heterocycles. The number of pyridine rings is 1. The third kappa shape index (κ3) is 5.91.